The van der Waals surface area contributed by atoms with Gasteiger partial charge in [-0.1, -0.05) is 133 Å². The van der Waals surface area contributed by atoms with E-state index in [1.807, 2.05) is 30.5 Å². The van der Waals surface area contributed by atoms with Crippen LogP contribution in [0.2, 0.25) is 0 Å². The molecular weight excluding hydrogens is 1020 g/mol. The monoisotopic (exact) mass is 1060 g/mol. The van der Waals surface area contributed by atoms with Gasteiger partial charge in [0.15, 0.2) is 0 Å². The van der Waals surface area contributed by atoms with Crippen molar-refractivity contribution in [2.75, 3.05) is 9.80 Å². The Kier molecular flexibility index (Phi) is 10.5. The van der Waals surface area contributed by atoms with Gasteiger partial charge in [-0.15, -0.1) is 48.1 Å². The van der Waals surface area contributed by atoms with Gasteiger partial charge in [0.25, 0.3) is 0 Å². The summed E-state index contributed by atoms with van der Waals surface area (Å²) in [5.74, 6) is 3.16. The van der Waals surface area contributed by atoms with Gasteiger partial charge in [-0.2, -0.15) is 12.1 Å². The van der Waals surface area contributed by atoms with Gasteiger partial charge < -0.3 is 23.7 Å². The first-order chi connectivity index (χ1) is 33.1. The smallest absolute Gasteiger partial charge is 0.135 e. The normalized spacial score (nSPS) is 13.2. The van der Waals surface area contributed by atoms with E-state index in [9.17, 15) is 0 Å². The maximum Gasteiger partial charge on any atom is 0.135 e. The van der Waals surface area contributed by atoms with Crippen LogP contribution < -0.4 is 14.5 Å². The second-order valence-corrected chi connectivity index (χ2v) is 17.4. The molecule has 2 aliphatic heterocycles. The van der Waals surface area contributed by atoms with Crippen LogP contribution in [0.15, 0.2) is 188 Å². The third kappa shape index (κ3) is 7.08. The summed E-state index contributed by atoms with van der Waals surface area (Å²) in [4.78, 5) is 14.8. The zero-order valence-corrected chi connectivity index (χ0v) is 39.5. The maximum absolute atomic E-state index is 6.74. The van der Waals surface area contributed by atoms with E-state index in [-0.39, 0.29) is 21.1 Å². The number of ether oxygens (including phenoxy) is 1. The van der Waals surface area contributed by atoms with Crippen molar-refractivity contribution < 1.29 is 25.8 Å². The summed E-state index contributed by atoms with van der Waals surface area (Å²) in [5, 5.41) is 2.21. The van der Waals surface area contributed by atoms with Crippen molar-refractivity contribution in [2.45, 2.75) is 32.7 Å². The number of hydrogen-bond donors (Lipinski definition) is 0. The summed E-state index contributed by atoms with van der Waals surface area (Å²) >= 11 is 0. The third-order valence-corrected chi connectivity index (χ3v) is 13.4. The molecule has 8 heteroatoms. The summed E-state index contributed by atoms with van der Waals surface area (Å²) in [6.45, 7) is 5.33. The van der Waals surface area contributed by atoms with E-state index in [0.717, 1.165) is 132 Å². The summed E-state index contributed by atoms with van der Waals surface area (Å²) in [5.41, 5.74) is 16.1. The van der Waals surface area contributed by atoms with Gasteiger partial charge in [0.2, 0.25) is 0 Å². The van der Waals surface area contributed by atoms with Crippen LogP contribution in [0, 0.1) is 25.7 Å². The van der Waals surface area contributed by atoms with Crippen molar-refractivity contribution in [3.05, 3.63) is 218 Å². The minimum absolute atomic E-state index is 0. The molecule has 0 saturated heterocycles. The summed E-state index contributed by atoms with van der Waals surface area (Å²) in [6.07, 6.45) is 5.28. The van der Waals surface area contributed by atoms with Gasteiger partial charge in [0.1, 0.15) is 11.6 Å². The first kappa shape index (κ1) is 41.7. The average molecular weight is 1060 g/mol. The number of pyridine rings is 1. The van der Waals surface area contributed by atoms with E-state index >= 15 is 0 Å². The van der Waals surface area contributed by atoms with Crippen molar-refractivity contribution in [2.24, 2.45) is 0 Å². The zero-order valence-electron chi connectivity index (χ0n) is 37.2. The van der Waals surface area contributed by atoms with Crippen molar-refractivity contribution in [1.29, 1.82) is 0 Å². The predicted octanol–water partition coefficient (Wildman–Crippen LogP) is 15.0. The van der Waals surface area contributed by atoms with Crippen LogP contribution in [0.4, 0.5) is 22.7 Å². The zero-order chi connectivity index (χ0) is 44.4. The quantitative estimate of drug-likeness (QED) is 0.142. The van der Waals surface area contributed by atoms with E-state index in [4.69, 9.17) is 14.7 Å². The van der Waals surface area contributed by atoms with Crippen LogP contribution >= 0.6 is 0 Å². The fourth-order valence-electron chi connectivity index (χ4n) is 10.2. The minimum Gasteiger partial charge on any atom is -0.509 e. The summed E-state index contributed by atoms with van der Waals surface area (Å²) in [6, 6.07) is 71.2. The molecule has 5 heterocycles. The van der Waals surface area contributed by atoms with Crippen LogP contribution in [0.5, 0.6) is 11.5 Å². The topological polar surface area (TPSA) is 51.4 Å². The predicted molar refractivity (Wildman–Crippen MR) is 271 cm³/mol. The molecule has 0 saturated carbocycles. The SMILES string of the molecule is Cc1cc(-n2c3[c-]c(Oc4[c-]c(N5[CH-]N(c6c(-c7ccccc7)cccc6-c6ccccc6)c6cc7c(cc65)nc5n7CCCC5)ccc4)ccc3c3ccccc32)ncc1-c1ccccc1.[Pt]. The minimum atomic E-state index is 0. The number of rotatable bonds is 8. The molecule has 3 aromatic heterocycles. The van der Waals surface area contributed by atoms with Crippen molar-refractivity contribution in [1.82, 2.24) is 19.1 Å². The molecule has 0 fully saturated rings. The number of aryl methyl sites for hydroxylation is 3. The molecule has 0 amide bonds. The second kappa shape index (κ2) is 17.2. The Morgan fingerprint density at radius 2 is 1.24 bits per heavy atom. The Hall–Kier alpha value is -7.73. The first-order valence-electron chi connectivity index (χ1n) is 23.0. The van der Waals surface area contributed by atoms with E-state index in [1.165, 1.54) is 0 Å². The molecule has 0 N–H and O–H groups in total. The van der Waals surface area contributed by atoms with E-state index in [1.54, 1.807) is 0 Å². The molecule has 7 nitrogen and oxygen atoms in total. The number of fused-ring (bicyclic) bond motifs is 7. The third-order valence-electron chi connectivity index (χ3n) is 13.4. The molecule has 68 heavy (non-hydrogen) atoms. The Labute approximate surface area is 409 Å². The molecule has 0 bridgehead atoms. The summed E-state index contributed by atoms with van der Waals surface area (Å²) in [7, 11) is 0. The van der Waals surface area contributed by atoms with Crippen LogP contribution in [-0.4, -0.2) is 19.1 Å². The van der Waals surface area contributed by atoms with Crippen molar-refractivity contribution >= 4 is 55.6 Å². The van der Waals surface area contributed by atoms with E-state index < -0.39 is 0 Å². The van der Waals surface area contributed by atoms with Crippen molar-refractivity contribution in [3.63, 3.8) is 0 Å². The standard InChI is InChI=1S/C60H43N6O.Pt/c1-40-33-59(61-38-51(40)43-21-9-4-10-22-43)66-53-28-12-11-25-49(53)50-31-30-46(35-54(50)66)67-45-24-15-23-44(34-45)64-39-65(57-37-55-52(36-56(57)64)62-58-29-13-14-32-63(55)58)60-47(41-17-5-2-6-18-41)26-16-27-48(60)42-19-7-3-8-20-42;/h2-12,15-28,30-31,33,36-39H,13-14,29,32H2,1H3;/q-3;. The number of para-hydroxylation sites is 2. The largest absolute Gasteiger partial charge is 0.509 e. The molecule has 0 atom stereocenters. The molecule has 332 valence electrons. The number of nitrogens with zero attached hydrogens (tertiary/aromatic N) is 6. The Balaban J connectivity index is 0.00000480. The molecule has 13 rings (SSSR count). The van der Waals surface area contributed by atoms with Crippen LogP contribution in [0.25, 0.3) is 72.0 Å². The van der Waals surface area contributed by atoms with Gasteiger partial charge in [0.05, 0.1) is 11.0 Å². The maximum atomic E-state index is 6.74. The van der Waals surface area contributed by atoms with Crippen LogP contribution in [-0.2, 0) is 34.0 Å². The van der Waals surface area contributed by atoms with Gasteiger partial charge in [-0.05, 0) is 71.7 Å². The van der Waals surface area contributed by atoms with Crippen LogP contribution in [0.3, 0.4) is 0 Å². The van der Waals surface area contributed by atoms with E-state index in [0.29, 0.717) is 11.5 Å². The molecule has 0 radical (unpaired) electrons. The molecule has 8 aromatic carbocycles. The van der Waals surface area contributed by atoms with Gasteiger partial charge in [-0.25, -0.2) is 9.97 Å². The Morgan fingerprint density at radius 3 is 1.97 bits per heavy atom. The number of aromatic nitrogens is 4. The Morgan fingerprint density at radius 1 is 0.574 bits per heavy atom. The molecule has 0 spiro atoms. The number of anilines is 4. The fourth-order valence-corrected chi connectivity index (χ4v) is 10.2. The summed E-state index contributed by atoms with van der Waals surface area (Å²) < 4.78 is 11.4. The molecular formula is C60H43N6OPt-3. The number of imidazole rings is 1. The molecule has 2 aliphatic rings. The molecule has 0 unspecified atom stereocenters. The molecule has 11 aromatic rings. The fraction of sp³-hybridized carbons (Fsp3) is 0.0833. The molecule has 0 aliphatic carbocycles. The van der Waals surface area contributed by atoms with Gasteiger partial charge >= 0.3 is 0 Å². The Bertz CT molecular complexity index is 3620. The number of hydrogen-bond acceptors (Lipinski definition) is 5. The first-order valence-corrected chi connectivity index (χ1v) is 23.0. The van der Waals surface area contributed by atoms with Gasteiger partial charge in [-0.3, -0.25) is 0 Å². The van der Waals surface area contributed by atoms with Crippen LogP contribution in [0.1, 0.15) is 24.2 Å². The number of benzene rings is 8. The van der Waals surface area contributed by atoms with Gasteiger partial charge in [0, 0.05) is 91.0 Å². The average Bonchev–Trinajstić information content (AvgIpc) is 4.05. The van der Waals surface area contributed by atoms with Crippen molar-refractivity contribution in [3.8, 4) is 50.7 Å². The van der Waals surface area contributed by atoms with E-state index in [2.05, 4.69) is 202 Å². The second-order valence-electron chi connectivity index (χ2n) is 17.4.